The lowest BCUT2D eigenvalue weighted by molar-refractivity contribution is 0.412. The highest BCUT2D eigenvalue weighted by atomic mass is 79.9. The molecule has 0 heterocycles. The van der Waals surface area contributed by atoms with Gasteiger partial charge in [0, 0.05) is 16.6 Å². The van der Waals surface area contributed by atoms with Crippen LogP contribution in [-0.2, 0) is 0 Å². The van der Waals surface area contributed by atoms with Crippen molar-refractivity contribution < 1.29 is 4.74 Å². The maximum Gasteiger partial charge on any atom is 0.119 e. The zero-order valence-corrected chi connectivity index (χ0v) is 13.6. The van der Waals surface area contributed by atoms with Gasteiger partial charge in [-0.25, -0.2) is 0 Å². The molecule has 2 atom stereocenters. The number of nitrogens with one attached hydrogen (secondary N) is 1. The molecule has 0 amide bonds. The van der Waals surface area contributed by atoms with Crippen molar-refractivity contribution >= 4 is 15.9 Å². The van der Waals surface area contributed by atoms with Crippen LogP contribution in [0.4, 0.5) is 0 Å². The molecule has 2 aromatic carbocycles. The van der Waals surface area contributed by atoms with Gasteiger partial charge in [-0.1, -0.05) is 40.2 Å². The zero-order chi connectivity index (χ0) is 14.5. The van der Waals surface area contributed by atoms with Gasteiger partial charge in [-0.2, -0.15) is 0 Å². The van der Waals surface area contributed by atoms with E-state index in [0.29, 0.717) is 0 Å². The predicted molar refractivity (Wildman–Crippen MR) is 87.1 cm³/mol. The van der Waals surface area contributed by atoms with Crippen molar-refractivity contribution in [1.29, 1.82) is 0 Å². The summed E-state index contributed by atoms with van der Waals surface area (Å²) in [6.07, 6.45) is 0. The molecule has 2 rings (SSSR count). The van der Waals surface area contributed by atoms with E-state index in [0.717, 1.165) is 10.2 Å². The normalized spacial score (nSPS) is 13.8. The molecule has 0 spiro atoms. The van der Waals surface area contributed by atoms with Crippen LogP contribution >= 0.6 is 15.9 Å². The lowest BCUT2D eigenvalue weighted by Gasteiger charge is -2.21. The Morgan fingerprint density at radius 2 is 1.55 bits per heavy atom. The summed E-state index contributed by atoms with van der Waals surface area (Å²) in [4.78, 5) is 0. The van der Waals surface area contributed by atoms with Gasteiger partial charge in [-0.3, -0.25) is 0 Å². The average molecular weight is 334 g/mol. The van der Waals surface area contributed by atoms with Crippen molar-refractivity contribution in [3.8, 4) is 5.75 Å². The molecule has 2 nitrogen and oxygen atoms in total. The standard InChI is InChI=1S/C17H20BrNO/c1-12(14-6-4-8-16(18)10-14)19-13(2)15-7-5-9-17(11-15)20-3/h4-13,19H,1-3H3/t12?,13-/m0/s1. The molecule has 0 bridgehead atoms. The van der Waals surface area contributed by atoms with E-state index in [-0.39, 0.29) is 12.1 Å². The van der Waals surface area contributed by atoms with Crippen molar-refractivity contribution in [2.45, 2.75) is 25.9 Å². The van der Waals surface area contributed by atoms with Crippen LogP contribution in [-0.4, -0.2) is 7.11 Å². The van der Waals surface area contributed by atoms with Gasteiger partial charge in [0.2, 0.25) is 0 Å². The van der Waals surface area contributed by atoms with E-state index in [1.165, 1.54) is 11.1 Å². The molecule has 0 fully saturated rings. The fraction of sp³-hybridized carbons (Fsp3) is 0.294. The highest BCUT2D eigenvalue weighted by Crippen LogP contribution is 2.23. The molecular weight excluding hydrogens is 314 g/mol. The van der Waals surface area contributed by atoms with Crippen LogP contribution in [0.15, 0.2) is 53.0 Å². The van der Waals surface area contributed by atoms with E-state index in [2.05, 4.69) is 65.4 Å². The Hall–Kier alpha value is -1.32. The second-order valence-corrected chi connectivity index (χ2v) is 5.86. The summed E-state index contributed by atoms with van der Waals surface area (Å²) in [6, 6.07) is 17.1. The summed E-state index contributed by atoms with van der Waals surface area (Å²) in [5.74, 6) is 0.895. The van der Waals surface area contributed by atoms with Crippen LogP contribution in [0.1, 0.15) is 37.1 Å². The molecule has 3 heteroatoms. The fourth-order valence-electron chi connectivity index (χ4n) is 2.25. The van der Waals surface area contributed by atoms with Crippen molar-refractivity contribution in [1.82, 2.24) is 5.32 Å². The van der Waals surface area contributed by atoms with Crippen molar-refractivity contribution in [2.75, 3.05) is 7.11 Å². The van der Waals surface area contributed by atoms with E-state index < -0.39 is 0 Å². The number of rotatable bonds is 5. The largest absolute Gasteiger partial charge is 0.497 e. The Labute approximate surface area is 129 Å². The molecule has 0 saturated heterocycles. The first-order valence-electron chi connectivity index (χ1n) is 6.75. The zero-order valence-electron chi connectivity index (χ0n) is 12.1. The SMILES string of the molecule is COc1cccc([C@H](C)NC(C)c2cccc(Br)c2)c1. The number of benzene rings is 2. The quantitative estimate of drug-likeness (QED) is 0.842. The summed E-state index contributed by atoms with van der Waals surface area (Å²) in [5, 5.41) is 3.61. The number of halogens is 1. The minimum atomic E-state index is 0.263. The minimum Gasteiger partial charge on any atom is -0.497 e. The lowest BCUT2D eigenvalue weighted by atomic mass is 10.0. The summed E-state index contributed by atoms with van der Waals surface area (Å²) >= 11 is 3.52. The predicted octanol–water partition coefficient (Wildman–Crippen LogP) is 4.87. The number of ether oxygens (including phenoxy) is 1. The Bertz CT molecular complexity index is 570. The molecule has 1 N–H and O–H groups in total. The Morgan fingerprint density at radius 1 is 0.950 bits per heavy atom. The highest BCUT2D eigenvalue weighted by molar-refractivity contribution is 9.10. The van der Waals surface area contributed by atoms with Gasteiger partial charge in [0.05, 0.1) is 7.11 Å². The molecule has 0 aliphatic heterocycles. The van der Waals surface area contributed by atoms with Gasteiger partial charge in [-0.15, -0.1) is 0 Å². The summed E-state index contributed by atoms with van der Waals surface area (Å²) in [5.41, 5.74) is 2.50. The monoisotopic (exact) mass is 333 g/mol. The molecule has 2 aromatic rings. The van der Waals surface area contributed by atoms with Crippen LogP contribution in [0, 0.1) is 0 Å². The van der Waals surface area contributed by atoms with Gasteiger partial charge in [0.1, 0.15) is 5.75 Å². The van der Waals surface area contributed by atoms with Crippen molar-refractivity contribution in [2.24, 2.45) is 0 Å². The topological polar surface area (TPSA) is 21.3 Å². The molecule has 0 aliphatic rings. The van der Waals surface area contributed by atoms with Crippen LogP contribution < -0.4 is 10.1 Å². The van der Waals surface area contributed by atoms with E-state index in [1.54, 1.807) is 7.11 Å². The number of hydrogen-bond acceptors (Lipinski definition) is 2. The second-order valence-electron chi connectivity index (χ2n) is 4.94. The first-order chi connectivity index (χ1) is 9.60. The third kappa shape index (κ3) is 3.84. The van der Waals surface area contributed by atoms with Gasteiger partial charge in [0.15, 0.2) is 0 Å². The molecule has 1 unspecified atom stereocenters. The smallest absolute Gasteiger partial charge is 0.119 e. The maximum absolute atomic E-state index is 5.28. The van der Waals surface area contributed by atoms with E-state index in [9.17, 15) is 0 Å². The number of methoxy groups -OCH3 is 1. The van der Waals surface area contributed by atoms with Crippen LogP contribution in [0.3, 0.4) is 0 Å². The maximum atomic E-state index is 5.28. The molecule has 0 radical (unpaired) electrons. The second kappa shape index (κ2) is 6.91. The molecule has 20 heavy (non-hydrogen) atoms. The minimum absolute atomic E-state index is 0.263. The molecule has 0 aromatic heterocycles. The van der Waals surface area contributed by atoms with Gasteiger partial charge in [0.25, 0.3) is 0 Å². The molecule has 0 saturated carbocycles. The van der Waals surface area contributed by atoms with Crippen molar-refractivity contribution in [3.05, 3.63) is 64.1 Å². The average Bonchev–Trinajstić information content (AvgIpc) is 2.47. The lowest BCUT2D eigenvalue weighted by Crippen LogP contribution is -2.22. The number of hydrogen-bond donors (Lipinski definition) is 1. The summed E-state index contributed by atoms with van der Waals surface area (Å²) in [6.45, 7) is 4.35. The van der Waals surface area contributed by atoms with Crippen LogP contribution in [0.5, 0.6) is 5.75 Å². The molecule has 106 valence electrons. The highest BCUT2D eigenvalue weighted by Gasteiger charge is 2.11. The Morgan fingerprint density at radius 3 is 2.15 bits per heavy atom. The summed E-state index contributed by atoms with van der Waals surface area (Å²) in [7, 11) is 1.70. The van der Waals surface area contributed by atoms with Gasteiger partial charge >= 0.3 is 0 Å². The van der Waals surface area contributed by atoms with E-state index in [1.807, 2.05) is 18.2 Å². The third-order valence-electron chi connectivity index (χ3n) is 3.44. The van der Waals surface area contributed by atoms with Crippen LogP contribution in [0.2, 0.25) is 0 Å². The fourth-order valence-corrected chi connectivity index (χ4v) is 2.67. The Balaban J connectivity index is 2.08. The first kappa shape index (κ1) is 15.1. The molecular formula is C17H20BrNO. The summed E-state index contributed by atoms with van der Waals surface area (Å²) < 4.78 is 6.39. The van der Waals surface area contributed by atoms with Crippen LogP contribution in [0.25, 0.3) is 0 Å². The van der Waals surface area contributed by atoms with E-state index >= 15 is 0 Å². The molecule has 0 aliphatic carbocycles. The van der Waals surface area contributed by atoms with Gasteiger partial charge < -0.3 is 10.1 Å². The van der Waals surface area contributed by atoms with Crippen molar-refractivity contribution in [3.63, 3.8) is 0 Å². The van der Waals surface area contributed by atoms with Gasteiger partial charge in [-0.05, 0) is 49.2 Å². The van der Waals surface area contributed by atoms with E-state index in [4.69, 9.17) is 4.74 Å². The third-order valence-corrected chi connectivity index (χ3v) is 3.94. The Kier molecular flexibility index (Phi) is 5.21. The first-order valence-corrected chi connectivity index (χ1v) is 7.55.